The van der Waals surface area contributed by atoms with Gasteiger partial charge in [-0.25, -0.2) is 9.67 Å². The van der Waals surface area contributed by atoms with E-state index < -0.39 is 0 Å². The van der Waals surface area contributed by atoms with Crippen molar-refractivity contribution in [2.45, 2.75) is 0 Å². The van der Waals surface area contributed by atoms with Gasteiger partial charge >= 0.3 is 0 Å². The molecule has 2 heterocycles. The van der Waals surface area contributed by atoms with Crippen molar-refractivity contribution in [3.8, 4) is 0 Å². The molecule has 6 nitrogen and oxygen atoms in total. The summed E-state index contributed by atoms with van der Waals surface area (Å²) in [5, 5.41) is 14.8. The summed E-state index contributed by atoms with van der Waals surface area (Å²) in [6, 6.07) is 0. The average molecular weight is 150 g/mol. The summed E-state index contributed by atoms with van der Waals surface area (Å²) < 4.78 is 1.53. The van der Waals surface area contributed by atoms with Gasteiger partial charge < -0.3 is 4.98 Å². The second kappa shape index (κ2) is 1.88. The summed E-state index contributed by atoms with van der Waals surface area (Å²) in [7, 11) is 1.74. The molecule has 2 rings (SSSR count). The molecule has 11 heavy (non-hydrogen) atoms. The van der Waals surface area contributed by atoms with Crippen LogP contribution in [0.25, 0.3) is 11.2 Å². The van der Waals surface area contributed by atoms with E-state index in [0.29, 0.717) is 11.2 Å². The second-order valence-corrected chi connectivity index (χ2v) is 2.16. The van der Waals surface area contributed by atoms with E-state index in [4.69, 9.17) is 5.41 Å². The third-order valence-corrected chi connectivity index (χ3v) is 1.43. The molecule has 0 saturated heterocycles. The van der Waals surface area contributed by atoms with Gasteiger partial charge in [-0.05, 0) is 0 Å². The molecular weight excluding hydrogens is 144 g/mol. The van der Waals surface area contributed by atoms with Gasteiger partial charge in [-0.1, -0.05) is 5.21 Å². The van der Waals surface area contributed by atoms with Gasteiger partial charge in [-0.15, -0.1) is 5.10 Å². The normalized spacial score (nSPS) is 10.6. The largest absolute Gasteiger partial charge is 0.330 e. The van der Waals surface area contributed by atoms with E-state index in [2.05, 4.69) is 20.3 Å². The topological polar surface area (TPSA) is 83.2 Å². The van der Waals surface area contributed by atoms with Crippen LogP contribution in [0.4, 0.5) is 0 Å². The monoisotopic (exact) mass is 150 g/mol. The van der Waals surface area contributed by atoms with Gasteiger partial charge in [0.1, 0.15) is 0 Å². The fourth-order valence-corrected chi connectivity index (χ4v) is 0.885. The smallest absolute Gasteiger partial charge is 0.183 e. The van der Waals surface area contributed by atoms with E-state index in [1.165, 1.54) is 11.0 Å². The first-order valence-electron chi connectivity index (χ1n) is 3.06. The maximum atomic E-state index is 7.37. The third kappa shape index (κ3) is 0.721. The Morgan fingerprint density at radius 2 is 2.45 bits per heavy atom. The molecule has 0 saturated carbocycles. The molecule has 0 spiro atoms. The number of H-pyrrole nitrogens is 1. The Morgan fingerprint density at radius 3 is 3.18 bits per heavy atom. The van der Waals surface area contributed by atoms with E-state index in [1.807, 2.05) is 0 Å². The van der Waals surface area contributed by atoms with E-state index in [0.717, 1.165) is 0 Å². The fraction of sp³-hybridized carbons (Fsp3) is 0.200. The van der Waals surface area contributed by atoms with Crippen LogP contribution in [-0.4, -0.2) is 25.0 Å². The van der Waals surface area contributed by atoms with Crippen LogP contribution in [0.2, 0.25) is 0 Å². The Labute approximate surface area is 61.4 Å². The number of hydrogen-bond donors (Lipinski definition) is 2. The van der Waals surface area contributed by atoms with Crippen LogP contribution in [0.1, 0.15) is 0 Å². The van der Waals surface area contributed by atoms with Crippen molar-refractivity contribution in [2.75, 3.05) is 0 Å². The molecule has 56 valence electrons. The second-order valence-electron chi connectivity index (χ2n) is 2.16. The lowest BCUT2D eigenvalue weighted by molar-refractivity contribution is 0.729. The standard InChI is InChI=1S/C5H6N6/c1-11-5-3(9-10-11)4(6)7-2-8-5/h2H,1H3,(H2,6,7,8). The minimum atomic E-state index is 0.239. The molecule has 0 aliphatic carbocycles. The maximum absolute atomic E-state index is 7.37. The van der Waals surface area contributed by atoms with Crippen LogP contribution in [0.5, 0.6) is 0 Å². The van der Waals surface area contributed by atoms with Crippen molar-refractivity contribution < 1.29 is 0 Å². The van der Waals surface area contributed by atoms with Gasteiger partial charge in [-0.2, -0.15) is 0 Å². The molecule has 0 atom stereocenters. The Kier molecular flexibility index (Phi) is 1.03. The highest BCUT2D eigenvalue weighted by atomic mass is 15.4. The number of nitrogens with zero attached hydrogens (tertiary/aromatic N) is 4. The van der Waals surface area contributed by atoms with E-state index >= 15 is 0 Å². The molecule has 2 N–H and O–H groups in total. The van der Waals surface area contributed by atoms with Crippen molar-refractivity contribution >= 4 is 11.2 Å². The average Bonchev–Trinajstić information content (AvgIpc) is 2.35. The summed E-state index contributed by atoms with van der Waals surface area (Å²) in [6.45, 7) is 0. The van der Waals surface area contributed by atoms with Gasteiger partial charge in [0.25, 0.3) is 0 Å². The molecule has 0 radical (unpaired) electrons. The van der Waals surface area contributed by atoms with Crippen molar-refractivity contribution in [1.82, 2.24) is 25.0 Å². The molecule has 0 fully saturated rings. The first kappa shape index (κ1) is 6.02. The molecule has 0 amide bonds. The summed E-state index contributed by atoms with van der Waals surface area (Å²) in [6.07, 6.45) is 1.45. The van der Waals surface area contributed by atoms with Gasteiger partial charge in [-0.3, -0.25) is 5.41 Å². The summed E-state index contributed by atoms with van der Waals surface area (Å²) >= 11 is 0. The third-order valence-electron chi connectivity index (χ3n) is 1.43. The van der Waals surface area contributed by atoms with Crippen molar-refractivity contribution in [3.63, 3.8) is 0 Å². The number of hydrogen-bond acceptors (Lipinski definition) is 4. The number of aromatic amines is 1. The summed E-state index contributed by atoms with van der Waals surface area (Å²) in [4.78, 5) is 6.59. The van der Waals surface area contributed by atoms with Crippen LogP contribution >= 0.6 is 0 Å². The fourth-order valence-electron chi connectivity index (χ4n) is 0.885. The van der Waals surface area contributed by atoms with Crippen LogP contribution in [0, 0.1) is 5.41 Å². The van der Waals surface area contributed by atoms with Gasteiger partial charge in [0, 0.05) is 7.05 Å². The van der Waals surface area contributed by atoms with Crippen LogP contribution in [0.3, 0.4) is 0 Å². The minimum Gasteiger partial charge on any atom is -0.330 e. The Hall–Kier alpha value is -1.72. The van der Waals surface area contributed by atoms with Gasteiger partial charge in [0.2, 0.25) is 0 Å². The number of fused-ring (bicyclic) bond motifs is 1. The zero-order chi connectivity index (χ0) is 7.84. The van der Waals surface area contributed by atoms with Crippen LogP contribution in [-0.2, 0) is 7.05 Å². The first-order chi connectivity index (χ1) is 5.29. The van der Waals surface area contributed by atoms with Crippen molar-refractivity contribution in [2.24, 2.45) is 7.05 Å². The van der Waals surface area contributed by atoms with Crippen LogP contribution in [0.15, 0.2) is 6.33 Å². The molecule has 0 unspecified atom stereocenters. The molecule has 6 heteroatoms. The number of aryl methyl sites for hydroxylation is 1. The number of rotatable bonds is 0. The minimum absolute atomic E-state index is 0.239. The van der Waals surface area contributed by atoms with E-state index in [9.17, 15) is 0 Å². The zero-order valence-corrected chi connectivity index (χ0v) is 5.87. The molecule has 2 aromatic rings. The predicted octanol–water partition coefficient (Wildman–Crippen LogP) is -0.829. The lowest BCUT2D eigenvalue weighted by Crippen LogP contribution is -2.06. The molecule has 0 aliphatic heterocycles. The van der Waals surface area contributed by atoms with Crippen molar-refractivity contribution in [3.05, 3.63) is 11.8 Å². The highest BCUT2D eigenvalue weighted by molar-refractivity contribution is 5.66. The van der Waals surface area contributed by atoms with Gasteiger partial charge in [0.15, 0.2) is 16.7 Å². The zero-order valence-electron chi connectivity index (χ0n) is 5.87. The number of nitrogens with one attached hydrogen (secondary N) is 2. The highest BCUT2D eigenvalue weighted by Gasteiger charge is 2.01. The maximum Gasteiger partial charge on any atom is 0.183 e. The van der Waals surface area contributed by atoms with Gasteiger partial charge in [0.05, 0.1) is 6.33 Å². The molecule has 2 aromatic heterocycles. The summed E-state index contributed by atoms with van der Waals surface area (Å²) in [5.74, 6) is 0. The molecular formula is C5H6N6. The Bertz CT molecular complexity index is 437. The molecule has 0 bridgehead atoms. The summed E-state index contributed by atoms with van der Waals surface area (Å²) in [5.41, 5.74) is 1.35. The lowest BCUT2D eigenvalue weighted by atomic mass is 10.5. The Balaban J connectivity index is 3.06. The number of aromatic nitrogens is 5. The van der Waals surface area contributed by atoms with Crippen molar-refractivity contribution in [1.29, 1.82) is 5.41 Å². The van der Waals surface area contributed by atoms with E-state index in [-0.39, 0.29) is 5.49 Å². The SMILES string of the molecule is Cn1nnc2c(=N)[nH]cnc21. The first-order valence-corrected chi connectivity index (χ1v) is 3.06. The highest BCUT2D eigenvalue weighted by Crippen LogP contribution is 1.96. The molecule has 0 aliphatic rings. The quantitative estimate of drug-likeness (QED) is 0.514. The van der Waals surface area contributed by atoms with E-state index in [1.54, 1.807) is 7.05 Å². The molecule has 0 aromatic carbocycles. The van der Waals surface area contributed by atoms with Crippen LogP contribution < -0.4 is 5.49 Å². The Morgan fingerprint density at radius 1 is 1.64 bits per heavy atom. The lowest BCUT2D eigenvalue weighted by Gasteiger charge is -1.87. The predicted molar refractivity (Wildman–Crippen MR) is 36.5 cm³/mol.